The molecule has 7 aliphatic rings. The molecule has 674 valence electrons. The van der Waals surface area contributed by atoms with Crippen LogP contribution in [0.15, 0.2) is 144 Å². The number of fused-ring (bicyclic) bond motifs is 15. The molecule has 7 amide bonds. The summed E-state index contributed by atoms with van der Waals surface area (Å²) in [4.78, 5) is 119. The Morgan fingerprint density at radius 1 is 0.654 bits per heavy atom. The number of phenolic OH excluding ortho intramolecular Hbond substituents is 3. The van der Waals surface area contributed by atoms with E-state index in [0.29, 0.717) is 10.6 Å². The van der Waals surface area contributed by atoms with E-state index in [9.17, 15) is 68.8 Å². The molecule has 0 aliphatic carbocycles. The Labute approximate surface area is 742 Å². The number of likely N-dealkylation sites (N-methyl/N-ethyl adjacent to an activating group) is 1. The summed E-state index contributed by atoms with van der Waals surface area (Å²) in [6.45, 7) is 10.8. The van der Waals surface area contributed by atoms with Crippen molar-refractivity contribution < 1.29 is 125 Å². The van der Waals surface area contributed by atoms with Crippen molar-refractivity contribution in [1.29, 1.82) is 0 Å². The first-order valence-electron chi connectivity index (χ1n) is 40.2. The molecule has 2 fully saturated rings. The number of benzene rings is 8. The summed E-state index contributed by atoms with van der Waals surface area (Å²) in [6, 6.07) is 16.8. The number of hydrogen-bond donors (Lipinski definition) is 18. The van der Waals surface area contributed by atoms with Crippen molar-refractivity contribution >= 4 is 92.2 Å². The molecule has 9 unspecified atom stereocenters. The number of aliphatic hydroxyl groups is 5. The minimum atomic E-state index is -4.79. The van der Waals surface area contributed by atoms with E-state index in [-0.39, 0.29) is 58.0 Å². The van der Waals surface area contributed by atoms with E-state index in [2.05, 4.69) is 42.5 Å². The predicted octanol–water partition coefficient (Wildman–Crippen LogP) is 6.60. The average Bonchev–Trinajstić information content (AvgIpc) is 0.762. The fourth-order valence-corrected chi connectivity index (χ4v) is 18.1. The van der Waals surface area contributed by atoms with Crippen LogP contribution < -0.4 is 62.5 Å². The lowest BCUT2D eigenvalue weighted by Crippen LogP contribution is -2.65. The molecule has 0 radical (unpaired) electrons. The van der Waals surface area contributed by atoms with Crippen LogP contribution >= 0.6 is 34.8 Å². The van der Waals surface area contributed by atoms with Crippen molar-refractivity contribution in [2.24, 2.45) is 11.7 Å². The van der Waals surface area contributed by atoms with E-state index in [4.69, 9.17) is 73.1 Å². The van der Waals surface area contributed by atoms with Crippen LogP contribution in [0.2, 0.25) is 15.1 Å². The minimum Gasteiger partial charge on any atom is -0.508 e. The maximum absolute atomic E-state index is 16.4. The summed E-state index contributed by atoms with van der Waals surface area (Å²) in [6.07, 6.45) is -20.1. The average molecular weight is 1830 g/mol. The molecule has 0 aromatic heterocycles. The fourth-order valence-electron chi connectivity index (χ4n) is 16.2. The van der Waals surface area contributed by atoms with E-state index in [1.54, 1.807) is 45.0 Å². The quantitative estimate of drug-likeness (QED) is 0.0357. The van der Waals surface area contributed by atoms with Gasteiger partial charge in [0.2, 0.25) is 53.4 Å². The summed E-state index contributed by atoms with van der Waals surface area (Å²) in [7, 11) is -3.33. The number of ether oxygens (including phenoxy) is 6. The number of carbonyl (C=O) groups excluding carboxylic acids is 7. The van der Waals surface area contributed by atoms with Crippen LogP contribution in [-0.2, 0) is 73.4 Å². The van der Waals surface area contributed by atoms with Gasteiger partial charge < -0.3 is 123 Å². The van der Waals surface area contributed by atoms with Crippen molar-refractivity contribution in [3.8, 4) is 68.2 Å². The number of halogens is 3. The number of carboxylic acids is 1. The molecule has 2 saturated heterocycles. The highest BCUT2D eigenvalue weighted by Gasteiger charge is 2.53. The second-order valence-corrected chi connectivity index (χ2v) is 35.3. The Kier molecular flexibility index (Phi) is 28.2. The lowest BCUT2D eigenvalue weighted by molar-refractivity contribution is -0.334. The Balaban J connectivity index is 1.01. The van der Waals surface area contributed by atoms with E-state index in [0.717, 1.165) is 83.4 Å². The Hall–Kier alpha value is -11.3. The zero-order valence-electron chi connectivity index (χ0n) is 69.3. The van der Waals surface area contributed by atoms with Crippen LogP contribution in [0.3, 0.4) is 0 Å². The first kappa shape index (κ1) is 93.3. The molecule has 8 aromatic carbocycles. The highest BCUT2D eigenvalue weighted by Crippen LogP contribution is 2.50. The Morgan fingerprint density at radius 2 is 1.24 bits per heavy atom. The first-order chi connectivity index (χ1) is 60.1. The number of nitrogens with two attached hydrogens (primary N) is 1. The maximum Gasteiger partial charge on any atom is 0.330 e. The largest absolute Gasteiger partial charge is 0.508 e. The fraction of sp³-hybridized carbons (Fsp3) is 0.364. The van der Waals surface area contributed by atoms with Gasteiger partial charge in [-0.3, -0.25) is 37.7 Å². The normalized spacial score (nSPS) is 25.9. The highest BCUT2D eigenvalue weighted by molar-refractivity contribution is 7.86. The number of aryl methyl sites for hydroxylation is 3. The molecule has 7 heterocycles. The monoisotopic (exact) mass is 1830 g/mol. The van der Waals surface area contributed by atoms with Crippen LogP contribution in [0.5, 0.6) is 46.0 Å². The first-order valence-corrected chi connectivity index (χ1v) is 42.7. The number of phenols is 3. The van der Waals surface area contributed by atoms with Gasteiger partial charge in [-0.25, -0.2) is 4.79 Å². The standard InChI is InChI=1S/C88H94Cl3N9O26S/c1-37(2)23-55(93-8)80(110)99-70-72(105)46-16-21-59(53(90)27-46)122-61-29-48-30-62(76(61)126-87-77(75(108)74(107)63(124-87)36-120-127(118,119)78-39(4)24-38(3)25-40(78)5)125-65-34-88(7,79(109)41(6)121-65)94-35-42-9-11-43(12-10-42)44-13-18-49(89)19-14-44)123-60-22-17-47(28-54(60)91)73(106)71-85(115)98-69(86(116)117)52-31-50(101)32-58(103)66(52)51-26-45(15-20-57(51)102)67(82(112)100-71)97-83(113)68(48)96-81(111)56(33-64(92)104)95-84(70)114/h9-22,24-32,37,41,55-56,63,65,67-75,77,79,87,93-94,101-103,105-109H,23,33-36H2,1-8H3,(H2,92,104)(H,95,114)(H,96,111)(H,97,113)(H,98,115)(H,99,110)(H,100,112)(H,116,117)/t41?,55-,56-,63?,65?,67+,68+,69+,70+,71-,72+,73+,74?,75?,77?,79?,87?,88?/m0/s1. The topological polar surface area (TPSA) is 540 Å². The molecule has 39 heteroatoms. The van der Waals surface area contributed by atoms with Crippen LogP contribution in [0.25, 0.3) is 22.3 Å². The SMILES string of the molecule is CN[C@@H](CC(C)C)C(=O)N[C@H]1C(=O)N[C@@H](CC(N)=O)C(=O)N[C@H]2C(=O)N[C@H]3C(=O)N[C@H](C(=O)N[C@@H](C(=O)O)c4cc(O)cc(O)c4-c4cc3ccc4O)[C@H](O)c3ccc(c(Cl)c3)Oc3cc2cc(c3OC2OC(COS(=O)(=O)c3c(C)cc(C)cc3C)C(O)C(O)C2OC2CC(C)(NCc3ccc(-c4ccc(Cl)cc4)cc3)C(O)C(C)O2)Oc2ccc(cc2Cl)[C@H]1O. The second-order valence-electron chi connectivity index (χ2n) is 32.5. The molecule has 11 bridgehead atoms. The predicted molar refractivity (Wildman–Crippen MR) is 456 cm³/mol. The number of rotatable bonds is 20. The van der Waals surface area contributed by atoms with Gasteiger partial charge in [0.25, 0.3) is 10.1 Å². The van der Waals surface area contributed by atoms with E-state index >= 15 is 24.0 Å². The third-order valence-corrected chi connectivity index (χ3v) is 25.1. The molecule has 35 nitrogen and oxygen atoms in total. The molecule has 7 aliphatic heterocycles. The lowest BCUT2D eigenvalue weighted by Gasteiger charge is -2.48. The number of hydrogen-bond acceptors (Lipinski definition) is 27. The van der Waals surface area contributed by atoms with Crippen molar-refractivity contribution in [2.75, 3.05) is 13.7 Å². The summed E-state index contributed by atoms with van der Waals surface area (Å²) in [5.41, 5.74) is 5.28. The lowest BCUT2D eigenvalue weighted by atomic mass is 9.84. The van der Waals surface area contributed by atoms with Gasteiger partial charge in [-0.15, -0.1) is 0 Å². The molecular formula is C88H94Cl3N9O26S. The number of carboxylic acid groups (broad SMARTS) is 1. The van der Waals surface area contributed by atoms with Crippen molar-refractivity contribution in [2.45, 2.75) is 188 Å². The van der Waals surface area contributed by atoms with Gasteiger partial charge in [0.05, 0.1) is 46.2 Å². The third kappa shape index (κ3) is 20.5. The zero-order chi connectivity index (χ0) is 91.9. The molecule has 0 spiro atoms. The summed E-state index contributed by atoms with van der Waals surface area (Å²) < 4.78 is 75.0. The minimum absolute atomic E-state index is 0.131. The second kappa shape index (κ2) is 38.3. The Morgan fingerprint density at radius 3 is 1.84 bits per heavy atom. The van der Waals surface area contributed by atoms with Crippen molar-refractivity contribution in [1.82, 2.24) is 42.5 Å². The molecular weight excluding hydrogens is 1740 g/mol. The molecule has 18 atom stereocenters. The van der Waals surface area contributed by atoms with E-state index in [1.165, 1.54) is 33.0 Å². The molecule has 0 saturated carbocycles. The van der Waals surface area contributed by atoms with Crippen LogP contribution in [0, 0.1) is 26.7 Å². The molecule has 19 N–H and O–H groups in total. The number of nitrogens with one attached hydrogen (secondary N) is 8. The summed E-state index contributed by atoms with van der Waals surface area (Å²) in [5.74, 6) is -16.7. The highest BCUT2D eigenvalue weighted by atomic mass is 35.5. The van der Waals surface area contributed by atoms with Gasteiger partial charge in [0, 0.05) is 46.3 Å². The number of carbonyl (C=O) groups is 8. The van der Waals surface area contributed by atoms with Gasteiger partial charge in [0.1, 0.15) is 89.5 Å². The van der Waals surface area contributed by atoms with Gasteiger partial charge in [-0.2, -0.15) is 8.42 Å². The molecule has 15 rings (SSSR count). The van der Waals surface area contributed by atoms with Gasteiger partial charge in [-0.1, -0.05) is 121 Å². The van der Waals surface area contributed by atoms with E-state index in [1.807, 2.05) is 50.2 Å². The number of aliphatic hydroxyl groups excluding tert-OH is 5. The molecule has 127 heavy (non-hydrogen) atoms. The van der Waals surface area contributed by atoms with Crippen LogP contribution in [0.1, 0.15) is 127 Å². The third-order valence-electron chi connectivity index (χ3n) is 22.6. The van der Waals surface area contributed by atoms with Gasteiger partial charge in [0.15, 0.2) is 29.9 Å². The van der Waals surface area contributed by atoms with E-state index < -0.39 is 258 Å². The van der Waals surface area contributed by atoms with Crippen LogP contribution in [0.4, 0.5) is 0 Å². The number of aliphatic carboxylic acids is 1. The zero-order valence-corrected chi connectivity index (χ0v) is 72.4. The van der Waals surface area contributed by atoms with Gasteiger partial charge in [-0.05, 0) is 171 Å². The maximum atomic E-state index is 16.4. The Bertz CT molecular complexity index is 5700. The summed E-state index contributed by atoms with van der Waals surface area (Å²) >= 11 is 20.7. The molecule has 8 aromatic rings. The van der Waals surface area contributed by atoms with Crippen molar-refractivity contribution in [3.05, 3.63) is 205 Å². The number of amides is 7. The van der Waals surface area contributed by atoms with Crippen LogP contribution in [-0.4, -0.2) is 194 Å². The van der Waals surface area contributed by atoms with Crippen molar-refractivity contribution in [3.63, 3.8) is 0 Å². The van der Waals surface area contributed by atoms with Gasteiger partial charge >= 0.3 is 5.97 Å². The smallest absolute Gasteiger partial charge is 0.330 e. The number of aromatic hydroxyl groups is 3. The summed E-state index contributed by atoms with van der Waals surface area (Å²) in [5, 5.41) is 128. The number of primary amides is 1.